The van der Waals surface area contributed by atoms with Gasteiger partial charge in [-0.1, -0.05) is 27.7 Å². The molecule has 126 valence electrons. The summed E-state index contributed by atoms with van der Waals surface area (Å²) in [6.45, 7) is 9.06. The maximum absolute atomic E-state index is 13.1. The van der Waals surface area contributed by atoms with E-state index in [4.69, 9.17) is 9.73 Å². The summed E-state index contributed by atoms with van der Waals surface area (Å²) < 4.78 is 18.8. The molecule has 1 aromatic rings. The van der Waals surface area contributed by atoms with Crippen LogP contribution in [-0.4, -0.2) is 25.9 Å². The van der Waals surface area contributed by atoms with Crippen molar-refractivity contribution in [3.8, 4) is 0 Å². The maximum atomic E-state index is 13.1. The second kappa shape index (κ2) is 6.42. The predicted octanol–water partition coefficient (Wildman–Crippen LogP) is 4.71. The summed E-state index contributed by atoms with van der Waals surface area (Å²) in [4.78, 5) is 8.99. The van der Waals surface area contributed by atoms with Crippen LogP contribution < -0.4 is 0 Å². The largest absolute Gasteiger partial charge is 0.484 e. The summed E-state index contributed by atoms with van der Waals surface area (Å²) in [5.74, 6) is 1.61. The first kappa shape index (κ1) is 17.6. The molecule has 1 saturated carbocycles. The van der Waals surface area contributed by atoms with Gasteiger partial charge in [0.05, 0.1) is 7.11 Å². The van der Waals surface area contributed by atoms with E-state index in [9.17, 15) is 4.39 Å². The molecule has 0 N–H and O–H groups in total. The number of halogens is 1. The lowest BCUT2D eigenvalue weighted by atomic mass is 9.66. The molecule has 3 nitrogen and oxygen atoms in total. The third-order valence-corrected chi connectivity index (χ3v) is 5.92. The van der Waals surface area contributed by atoms with Crippen molar-refractivity contribution in [1.82, 2.24) is 0 Å². The van der Waals surface area contributed by atoms with Gasteiger partial charge >= 0.3 is 0 Å². The van der Waals surface area contributed by atoms with Crippen molar-refractivity contribution in [2.24, 2.45) is 26.7 Å². The Morgan fingerprint density at radius 2 is 1.83 bits per heavy atom. The van der Waals surface area contributed by atoms with Gasteiger partial charge in [0.15, 0.2) is 11.7 Å². The molecule has 1 aromatic carbocycles. The molecular formula is C19H27FN2O. The van der Waals surface area contributed by atoms with Crippen LogP contribution in [-0.2, 0) is 4.74 Å². The summed E-state index contributed by atoms with van der Waals surface area (Å²) in [7, 11) is 3.36. The van der Waals surface area contributed by atoms with Crippen LogP contribution in [0.25, 0.3) is 0 Å². The lowest BCUT2D eigenvalue weighted by Gasteiger charge is -2.40. The van der Waals surface area contributed by atoms with Crippen LogP contribution in [0.4, 0.5) is 4.39 Å². The van der Waals surface area contributed by atoms with Crippen molar-refractivity contribution < 1.29 is 9.13 Å². The quantitative estimate of drug-likeness (QED) is 0.574. The molecular weight excluding hydrogens is 291 g/mol. The average molecular weight is 318 g/mol. The Bertz CT molecular complexity index is 619. The zero-order valence-electron chi connectivity index (χ0n) is 15.0. The molecule has 23 heavy (non-hydrogen) atoms. The van der Waals surface area contributed by atoms with Gasteiger partial charge in [0.1, 0.15) is 5.82 Å². The van der Waals surface area contributed by atoms with Crippen molar-refractivity contribution in [2.75, 3.05) is 14.2 Å². The second-order valence-corrected chi connectivity index (χ2v) is 7.17. The zero-order chi connectivity index (χ0) is 17.3. The Labute approximate surface area is 138 Å². The van der Waals surface area contributed by atoms with Gasteiger partial charge in [-0.3, -0.25) is 4.99 Å². The van der Waals surface area contributed by atoms with Crippen molar-refractivity contribution in [1.29, 1.82) is 0 Å². The van der Waals surface area contributed by atoms with Crippen molar-refractivity contribution in [2.45, 2.75) is 40.5 Å². The fourth-order valence-electron chi connectivity index (χ4n) is 3.45. The number of aliphatic imine (C=N–C) groups is 2. The number of nitrogens with zero attached hydrogens (tertiary/aromatic N) is 2. The third kappa shape index (κ3) is 3.04. The van der Waals surface area contributed by atoms with E-state index in [1.807, 2.05) is 0 Å². The summed E-state index contributed by atoms with van der Waals surface area (Å²) in [5, 5.41) is 0. The van der Waals surface area contributed by atoms with E-state index < -0.39 is 0 Å². The molecule has 0 bridgehead atoms. The van der Waals surface area contributed by atoms with Crippen molar-refractivity contribution >= 4 is 11.7 Å². The van der Waals surface area contributed by atoms with Crippen molar-refractivity contribution in [3.63, 3.8) is 0 Å². The van der Waals surface area contributed by atoms with Crippen LogP contribution in [0.1, 0.15) is 46.1 Å². The monoisotopic (exact) mass is 318 g/mol. The Morgan fingerprint density at radius 3 is 2.26 bits per heavy atom. The summed E-state index contributed by atoms with van der Waals surface area (Å²) in [6.07, 6.45) is 2.19. The minimum atomic E-state index is -0.266. The van der Waals surface area contributed by atoms with Gasteiger partial charge in [0, 0.05) is 18.0 Å². The fourth-order valence-corrected chi connectivity index (χ4v) is 3.45. The minimum Gasteiger partial charge on any atom is -0.484 e. The first-order valence-electron chi connectivity index (χ1n) is 8.12. The predicted molar refractivity (Wildman–Crippen MR) is 93.6 cm³/mol. The number of rotatable bonds is 2. The van der Waals surface area contributed by atoms with Gasteiger partial charge in [-0.15, -0.1) is 0 Å². The Morgan fingerprint density at radius 1 is 1.22 bits per heavy atom. The molecule has 1 aliphatic carbocycles. The first-order valence-corrected chi connectivity index (χ1v) is 8.12. The SMILES string of the molecule is CN=C(N=C(OC)[C@]1(C)CC[C@H](C)C1(C)C)c1ccc(F)cc1. The number of benzene rings is 1. The van der Waals surface area contributed by atoms with Crippen LogP contribution in [0, 0.1) is 22.6 Å². The van der Waals surface area contributed by atoms with Gasteiger partial charge in [-0.25, -0.2) is 4.39 Å². The molecule has 1 fully saturated rings. The van der Waals surface area contributed by atoms with E-state index in [0.29, 0.717) is 17.7 Å². The van der Waals surface area contributed by atoms with Crippen LogP contribution in [0.2, 0.25) is 0 Å². The Hall–Kier alpha value is -1.71. The summed E-state index contributed by atoms with van der Waals surface area (Å²) in [5.41, 5.74) is 0.733. The number of ether oxygens (including phenoxy) is 1. The van der Waals surface area contributed by atoms with E-state index in [1.165, 1.54) is 12.1 Å². The highest BCUT2D eigenvalue weighted by Gasteiger charge is 2.53. The smallest absolute Gasteiger partial charge is 0.196 e. The van der Waals surface area contributed by atoms with Gasteiger partial charge in [0.25, 0.3) is 0 Å². The summed E-state index contributed by atoms with van der Waals surface area (Å²) in [6, 6.07) is 6.23. The highest BCUT2D eigenvalue weighted by molar-refractivity contribution is 6.06. The molecule has 2 rings (SSSR count). The van der Waals surface area contributed by atoms with Gasteiger partial charge < -0.3 is 4.74 Å². The highest BCUT2D eigenvalue weighted by Crippen LogP contribution is 2.56. The van der Waals surface area contributed by atoms with Gasteiger partial charge in [0.2, 0.25) is 0 Å². The normalized spacial score (nSPS) is 28.0. The Balaban J connectivity index is 2.43. The van der Waals surface area contributed by atoms with E-state index in [0.717, 1.165) is 18.4 Å². The molecule has 0 aromatic heterocycles. The van der Waals surface area contributed by atoms with Gasteiger partial charge in [-0.2, -0.15) is 4.99 Å². The van der Waals surface area contributed by atoms with Gasteiger partial charge in [-0.05, 0) is 48.4 Å². The molecule has 0 amide bonds. The molecule has 2 atom stereocenters. The molecule has 0 aliphatic heterocycles. The minimum absolute atomic E-state index is 0.0868. The molecule has 0 heterocycles. The van der Waals surface area contributed by atoms with Crippen molar-refractivity contribution in [3.05, 3.63) is 35.6 Å². The number of amidine groups is 1. The molecule has 1 aliphatic rings. The van der Waals surface area contributed by atoms with Crippen LogP contribution in [0.15, 0.2) is 34.3 Å². The summed E-state index contributed by atoms with van der Waals surface area (Å²) >= 11 is 0. The molecule has 0 radical (unpaired) electrons. The van der Waals surface area contributed by atoms with E-state index >= 15 is 0 Å². The lowest BCUT2D eigenvalue weighted by Crippen LogP contribution is -2.41. The molecule has 0 unspecified atom stereocenters. The standard InChI is InChI=1S/C19H27FN2O/c1-13-11-12-19(4,18(13,2)3)17(23-6)22-16(21-5)14-7-9-15(20)10-8-14/h7-10,13H,11-12H2,1-6H3/t13-,19-/m0/s1. The highest BCUT2D eigenvalue weighted by atomic mass is 19.1. The topological polar surface area (TPSA) is 34.0 Å². The molecule has 0 spiro atoms. The van der Waals surface area contributed by atoms with Crippen LogP contribution in [0.5, 0.6) is 0 Å². The van der Waals surface area contributed by atoms with E-state index in [-0.39, 0.29) is 16.6 Å². The lowest BCUT2D eigenvalue weighted by molar-refractivity contribution is 0.135. The maximum Gasteiger partial charge on any atom is 0.196 e. The molecule has 0 saturated heterocycles. The number of hydrogen-bond acceptors (Lipinski definition) is 2. The first-order chi connectivity index (χ1) is 10.8. The number of hydrogen-bond donors (Lipinski definition) is 0. The van der Waals surface area contributed by atoms with Crippen LogP contribution >= 0.6 is 0 Å². The fraction of sp³-hybridized carbons (Fsp3) is 0.579. The molecule has 4 heteroatoms. The average Bonchev–Trinajstić information content (AvgIpc) is 2.73. The number of methoxy groups -OCH3 is 1. The Kier molecular flexibility index (Phi) is 4.92. The van der Waals surface area contributed by atoms with E-state index in [1.54, 1.807) is 26.3 Å². The van der Waals surface area contributed by atoms with E-state index in [2.05, 4.69) is 32.7 Å². The van der Waals surface area contributed by atoms with Crippen LogP contribution in [0.3, 0.4) is 0 Å². The zero-order valence-corrected chi connectivity index (χ0v) is 15.0. The third-order valence-electron chi connectivity index (χ3n) is 5.92. The second-order valence-electron chi connectivity index (χ2n) is 7.17.